The van der Waals surface area contributed by atoms with Crippen LogP contribution in [0, 0.1) is 23.7 Å². The molecule has 0 amide bonds. The normalized spacial score (nSPS) is 61.8. The molecule has 20 heavy (non-hydrogen) atoms. The van der Waals surface area contributed by atoms with Crippen molar-refractivity contribution in [1.29, 1.82) is 0 Å². The van der Waals surface area contributed by atoms with Crippen molar-refractivity contribution >= 4 is 0 Å². The summed E-state index contributed by atoms with van der Waals surface area (Å²) >= 11 is 0. The smallest absolute Gasteiger partial charge is 0.201 e. The van der Waals surface area contributed by atoms with E-state index in [1.54, 1.807) is 0 Å². The number of aliphatic hydroxyl groups is 1. The van der Waals surface area contributed by atoms with Gasteiger partial charge in [-0.1, -0.05) is 13.8 Å². The van der Waals surface area contributed by atoms with Crippen LogP contribution in [0.3, 0.4) is 0 Å². The number of fused-ring (bicyclic) bond motifs is 2. The third-order valence-corrected chi connectivity index (χ3v) is 6.12. The van der Waals surface area contributed by atoms with Crippen molar-refractivity contribution in [2.24, 2.45) is 23.7 Å². The number of hydrogen-bond acceptors (Lipinski definition) is 5. The van der Waals surface area contributed by atoms with Crippen LogP contribution in [0.15, 0.2) is 0 Å². The molecule has 8 atom stereocenters. The highest BCUT2D eigenvalue weighted by Gasteiger charge is 2.69. The second-order valence-corrected chi connectivity index (χ2v) is 7.30. The zero-order chi connectivity index (χ0) is 14.1. The van der Waals surface area contributed by atoms with Gasteiger partial charge in [-0.25, -0.2) is 9.78 Å². The molecule has 1 aliphatic carbocycles. The van der Waals surface area contributed by atoms with Crippen molar-refractivity contribution < 1.29 is 24.4 Å². The first-order chi connectivity index (χ1) is 9.46. The molecule has 2 bridgehead atoms. The molecule has 0 aromatic heterocycles. The lowest BCUT2D eigenvalue weighted by molar-refractivity contribution is -0.576. The quantitative estimate of drug-likeness (QED) is 0.691. The first kappa shape index (κ1) is 13.5. The average molecular weight is 284 g/mol. The Labute approximate surface area is 119 Å². The molecule has 5 fully saturated rings. The highest BCUT2D eigenvalue weighted by atomic mass is 17.3. The van der Waals surface area contributed by atoms with Crippen molar-refractivity contribution in [2.75, 3.05) is 0 Å². The molecule has 0 aromatic carbocycles. The summed E-state index contributed by atoms with van der Waals surface area (Å²) in [6.45, 7) is 6.22. The van der Waals surface area contributed by atoms with E-state index in [9.17, 15) is 5.11 Å². The van der Waals surface area contributed by atoms with Gasteiger partial charge in [0, 0.05) is 18.3 Å². The zero-order valence-electron chi connectivity index (χ0n) is 12.4. The monoisotopic (exact) mass is 284 g/mol. The maximum Gasteiger partial charge on any atom is 0.201 e. The maximum absolute atomic E-state index is 10.2. The summed E-state index contributed by atoms with van der Waals surface area (Å²) in [4.78, 5) is 11.6. The summed E-state index contributed by atoms with van der Waals surface area (Å²) in [6, 6.07) is 0. The van der Waals surface area contributed by atoms with E-state index in [1.165, 1.54) is 6.42 Å². The van der Waals surface area contributed by atoms with Gasteiger partial charge in [-0.05, 0) is 38.0 Å². The largest absolute Gasteiger partial charge is 0.368 e. The Balaban J connectivity index is 1.82. The van der Waals surface area contributed by atoms with E-state index in [0.29, 0.717) is 11.8 Å². The lowest BCUT2D eigenvalue weighted by Gasteiger charge is -2.59. The van der Waals surface area contributed by atoms with E-state index < -0.39 is 24.0 Å². The summed E-state index contributed by atoms with van der Waals surface area (Å²) in [5.41, 5.74) is -0.549. The van der Waals surface area contributed by atoms with Crippen molar-refractivity contribution in [1.82, 2.24) is 0 Å². The molecular formula is C15H24O5. The summed E-state index contributed by atoms with van der Waals surface area (Å²) in [5, 5.41) is 10.2. The highest BCUT2D eigenvalue weighted by Crippen LogP contribution is 2.60. The molecule has 4 saturated heterocycles. The van der Waals surface area contributed by atoms with E-state index >= 15 is 0 Å². The Morgan fingerprint density at radius 2 is 1.85 bits per heavy atom. The molecule has 1 saturated carbocycles. The van der Waals surface area contributed by atoms with Crippen molar-refractivity contribution in [3.8, 4) is 0 Å². The van der Waals surface area contributed by atoms with Crippen LogP contribution in [0.4, 0.5) is 0 Å². The minimum atomic E-state index is -0.781. The SMILES string of the molecule is C[C@H]1[C@@H](O)O[C@@H]2OC3(C)CC[C@H]4[C@H](C)CC[C@@H]1[C@]24OO3. The molecule has 4 aliphatic heterocycles. The van der Waals surface area contributed by atoms with E-state index in [4.69, 9.17) is 19.2 Å². The van der Waals surface area contributed by atoms with Gasteiger partial charge in [0.05, 0.1) is 0 Å². The number of aliphatic hydroxyl groups excluding tert-OH is 1. The fourth-order valence-corrected chi connectivity index (χ4v) is 4.89. The lowest BCUT2D eigenvalue weighted by Crippen LogP contribution is -2.70. The summed E-state index contributed by atoms with van der Waals surface area (Å²) in [7, 11) is 0. The van der Waals surface area contributed by atoms with Crippen LogP contribution in [0.2, 0.25) is 0 Å². The minimum absolute atomic E-state index is 0.0379. The lowest BCUT2D eigenvalue weighted by atomic mass is 9.58. The molecule has 1 unspecified atom stereocenters. The fourth-order valence-electron chi connectivity index (χ4n) is 4.89. The molecule has 0 aromatic rings. The van der Waals surface area contributed by atoms with E-state index in [2.05, 4.69) is 6.92 Å². The molecule has 4 heterocycles. The number of hydrogen-bond donors (Lipinski definition) is 1. The Hall–Kier alpha value is -0.200. The molecular weight excluding hydrogens is 260 g/mol. The second kappa shape index (κ2) is 4.17. The van der Waals surface area contributed by atoms with Crippen LogP contribution in [0.5, 0.6) is 0 Å². The van der Waals surface area contributed by atoms with Gasteiger partial charge in [-0.2, -0.15) is 0 Å². The van der Waals surface area contributed by atoms with Gasteiger partial charge in [-0.3, -0.25) is 0 Å². The van der Waals surface area contributed by atoms with Gasteiger partial charge in [0.15, 0.2) is 18.2 Å². The molecule has 5 rings (SSSR count). The van der Waals surface area contributed by atoms with Crippen molar-refractivity contribution in [3.05, 3.63) is 0 Å². The van der Waals surface area contributed by atoms with Gasteiger partial charge in [0.25, 0.3) is 0 Å². The number of rotatable bonds is 0. The standard InChI is InChI=1S/C15H24O5/c1-8-4-5-11-9(2)12(16)17-13-15(11)10(8)6-7-14(3,18-13)19-20-15/h8-13,16H,4-7H2,1-3H3/t8-,9-,10+,11+,12+,13-,14?,15+/m1/s1. The fraction of sp³-hybridized carbons (Fsp3) is 1.00. The highest BCUT2D eigenvalue weighted by molar-refractivity contribution is 5.08. The van der Waals surface area contributed by atoms with Crippen LogP contribution in [-0.4, -0.2) is 29.1 Å². The van der Waals surface area contributed by atoms with Crippen LogP contribution in [-0.2, 0) is 19.2 Å². The van der Waals surface area contributed by atoms with E-state index in [-0.39, 0.29) is 11.8 Å². The van der Waals surface area contributed by atoms with Crippen molar-refractivity contribution in [3.63, 3.8) is 0 Å². The molecule has 5 nitrogen and oxygen atoms in total. The predicted molar refractivity (Wildman–Crippen MR) is 69.0 cm³/mol. The Kier molecular flexibility index (Phi) is 2.81. The Morgan fingerprint density at radius 3 is 2.65 bits per heavy atom. The molecule has 114 valence electrons. The van der Waals surface area contributed by atoms with Gasteiger partial charge >= 0.3 is 0 Å². The van der Waals surface area contributed by atoms with Gasteiger partial charge in [0.2, 0.25) is 5.79 Å². The molecule has 1 N–H and O–H groups in total. The average Bonchev–Trinajstić information content (AvgIpc) is 2.63. The topological polar surface area (TPSA) is 57.2 Å². The molecule has 5 heteroatoms. The maximum atomic E-state index is 10.2. The van der Waals surface area contributed by atoms with Crippen LogP contribution in [0.1, 0.15) is 46.5 Å². The van der Waals surface area contributed by atoms with Crippen molar-refractivity contribution in [2.45, 2.75) is 70.4 Å². The van der Waals surface area contributed by atoms with Crippen LogP contribution in [0.25, 0.3) is 0 Å². The predicted octanol–water partition coefficient (Wildman–Crippen LogP) is 2.19. The van der Waals surface area contributed by atoms with E-state index in [0.717, 1.165) is 19.3 Å². The zero-order valence-corrected chi connectivity index (χ0v) is 12.4. The first-order valence-electron chi connectivity index (χ1n) is 7.84. The third kappa shape index (κ3) is 1.56. The molecule has 1 spiro atoms. The van der Waals surface area contributed by atoms with Gasteiger partial charge in [0.1, 0.15) is 0 Å². The summed E-state index contributed by atoms with van der Waals surface area (Å²) in [6.07, 6.45) is 2.72. The van der Waals surface area contributed by atoms with E-state index in [1.807, 2.05) is 13.8 Å². The molecule has 0 radical (unpaired) electrons. The summed E-state index contributed by atoms with van der Waals surface area (Å²) in [5.74, 6) is 0.437. The summed E-state index contributed by atoms with van der Waals surface area (Å²) < 4.78 is 11.9. The van der Waals surface area contributed by atoms with Crippen LogP contribution < -0.4 is 0 Å². The Bertz CT molecular complexity index is 411. The Morgan fingerprint density at radius 1 is 1.05 bits per heavy atom. The molecule has 5 aliphatic rings. The van der Waals surface area contributed by atoms with Gasteiger partial charge < -0.3 is 14.6 Å². The number of ether oxygens (including phenoxy) is 2. The van der Waals surface area contributed by atoms with Gasteiger partial charge in [-0.15, -0.1) is 0 Å². The first-order valence-corrected chi connectivity index (χ1v) is 7.84. The van der Waals surface area contributed by atoms with Crippen LogP contribution >= 0.6 is 0 Å². The second-order valence-electron chi connectivity index (χ2n) is 7.30. The minimum Gasteiger partial charge on any atom is -0.368 e. The third-order valence-electron chi connectivity index (χ3n) is 6.12.